The Hall–Kier alpha value is -1.95. The van der Waals surface area contributed by atoms with Crippen molar-refractivity contribution in [3.63, 3.8) is 0 Å². The normalized spacial score (nSPS) is 40.3. The number of aliphatic hydroxyl groups excluding tert-OH is 1. The van der Waals surface area contributed by atoms with Crippen LogP contribution in [-0.4, -0.2) is 159 Å². The van der Waals surface area contributed by atoms with Gasteiger partial charge in [-0.2, -0.15) is 0 Å². The first-order valence-electron chi connectivity index (χ1n) is 20.4. The number of likely N-dealkylation sites (N-methyl/N-ethyl adjacent to an activating group) is 1. The van der Waals surface area contributed by atoms with Crippen LogP contribution in [0.15, 0.2) is 0 Å². The molecule has 3 rings (SSSR count). The first-order valence-corrected chi connectivity index (χ1v) is 20.4. The van der Waals surface area contributed by atoms with Crippen molar-refractivity contribution in [3.05, 3.63) is 0 Å². The molecule has 0 radical (unpaired) electrons. The molecule has 3 amide bonds. The van der Waals surface area contributed by atoms with E-state index in [1.54, 1.807) is 39.6 Å². The lowest BCUT2D eigenvalue weighted by Crippen LogP contribution is -2.61. The van der Waals surface area contributed by atoms with Crippen LogP contribution in [0.1, 0.15) is 100 Å². The number of rotatable bonds is 12. The van der Waals surface area contributed by atoms with Gasteiger partial charge < -0.3 is 59.1 Å². The quantitative estimate of drug-likeness (QED) is 0.213. The van der Waals surface area contributed by atoms with Crippen molar-refractivity contribution in [1.82, 2.24) is 20.4 Å². The molecule has 3 saturated heterocycles. The van der Waals surface area contributed by atoms with E-state index < -0.39 is 66.1 Å². The molecule has 0 spiro atoms. The fourth-order valence-electron chi connectivity index (χ4n) is 8.49. The molecule has 15 heteroatoms. The average molecular weight is 787 g/mol. The van der Waals surface area contributed by atoms with Crippen molar-refractivity contribution in [1.29, 1.82) is 0 Å². The Morgan fingerprint density at radius 3 is 2.40 bits per heavy atom. The minimum atomic E-state index is -1.51. The number of aliphatic hydroxyl groups is 2. The molecule has 4 N–H and O–H groups in total. The second-order valence-electron chi connectivity index (χ2n) is 17.1. The van der Waals surface area contributed by atoms with Gasteiger partial charge in [0.05, 0.1) is 41.5 Å². The number of carbonyl (C=O) groups excluding carboxylic acids is 3. The van der Waals surface area contributed by atoms with Crippen molar-refractivity contribution < 1.29 is 53.0 Å². The highest BCUT2D eigenvalue weighted by Gasteiger charge is 2.51. The molecule has 0 aromatic rings. The van der Waals surface area contributed by atoms with Crippen LogP contribution < -0.4 is 10.6 Å². The highest BCUT2D eigenvalue weighted by atomic mass is 16.7. The van der Waals surface area contributed by atoms with E-state index in [1.807, 2.05) is 41.8 Å². The number of nitrogens with zero attached hydrogens (tertiary/aromatic N) is 2. The Balaban J connectivity index is 2.07. The minimum Gasteiger partial charge on any atom is -0.387 e. The lowest BCUT2D eigenvalue weighted by atomic mass is 9.77. The van der Waals surface area contributed by atoms with Gasteiger partial charge in [0.15, 0.2) is 12.6 Å². The molecule has 15 nitrogen and oxygen atoms in total. The van der Waals surface area contributed by atoms with Crippen LogP contribution in [0.3, 0.4) is 0 Å². The standard InChI is InChI=1S/C40H74N4O11/c1-13-30(45)41-18-15-19-51-34-29(43(9)10)20-25(3)52-38(34)55-36-26(4)33(54-32-22-40(8,50-12)35(47)28(6)53-32)27(5)37(48)42-17-14-16-31(46)44(11)23-24(2)21-39(36,7)49/h24-29,32-36,38,47,49H,13-23H2,1-12H3,(H,41,45)(H,42,48)/t24-,25-,26+,27-,28+,29+,32+,33+,34-,35+,36-,38+,39-,40-/m1/s1. The Bertz CT molecular complexity index is 1230. The summed E-state index contributed by atoms with van der Waals surface area (Å²) in [4.78, 5) is 42.5. The van der Waals surface area contributed by atoms with Gasteiger partial charge in [-0.05, 0) is 73.4 Å². The van der Waals surface area contributed by atoms with E-state index in [0.717, 1.165) is 0 Å². The molecule has 3 aliphatic heterocycles. The summed E-state index contributed by atoms with van der Waals surface area (Å²) < 4.78 is 38.8. The summed E-state index contributed by atoms with van der Waals surface area (Å²) in [5.74, 6) is -1.83. The van der Waals surface area contributed by atoms with Gasteiger partial charge in [-0.25, -0.2) is 0 Å². The molecule has 3 fully saturated rings. The van der Waals surface area contributed by atoms with Crippen LogP contribution in [0.2, 0.25) is 0 Å². The van der Waals surface area contributed by atoms with E-state index in [0.29, 0.717) is 51.9 Å². The van der Waals surface area contributed by atoms with E-state index in [4.69, 9.17) is 28.4 Å². The maximum Gasteiger partial charge on any atom is 0.225 e. The molecular weight excluding hydrogens is 712 g/mol. The molecular formula is C40H74N4O11. The highest BCUT2D eigenvalue weighted by Crippen LogP contribution is 2.39. The van der Waals surface area contributed by atoms with E-state index >= 15 is 0 Å². The van der Waals surface area contributed by atoms with Gasteiger partial charge in [-0.15, -0.1) is 0 Å². The van der Waals surface area contributed by atoms with Gasteiger partial charge in [-0.3, -0.25) is 14.4 Å². The van der Waals surface area contributed by atoms with Gasteiger partial charge >= 0.3 is 0 Å². The number of nitrogens with one attached hydrogen (secondary N) is 2. The Morgan fingerprint density at radius 2 is 1.76 bits per heavy atom. The summed E-state index contributed by atoms with van der Waals surface area (Å²) in [5, 5.41) is 29.5. The maximum absolute atomic E-state index is 13.9. The van der Waals surface area contributed by atoms with E-state index in [2.05, 4.69) is 15.5 Å². The first-order chi connectivity index (χ1) is 25.7. The smallest absolute Gasteiger partial charge is 0.225 e. The monoisotopic (exact) mass is 787 g/mol. The fourth-order valence-corrected chi connectivity index (χ4v) is 8.49. The Morgan fingerprint density at radius 1 is 1.07 bits per heavy atom. The summed E-state index contributed by atoms with van der Waals surface area (Å²) in [5.41, 5.74) is -2.48. The van der Waals surface area contributed by atoms with Crippen molar-refractivity contribution in [2.45, 2.75) is 167 Å². The Kier molecular flexibility index (Phi) is 18.3. The van der Waals surface area contributed by atoms with Gasteiger partial charge in [0.2, 0.25) is 17.7 Å². The zero-order valence-corrected chi connectivity index (χ0v) is 35.7. The van der Waals surface area contributed by atoms with Gasteiger partial charge in [0.1, 0.15) is 12.2 Å². The number of hydrogen-bond acceptors (Lipinski definition) is 12. The molecule has 55 heavy (non-hydrogen) atoms. The lowest BCUT2D eigenvalue weighted by molar-refractivity contribution is -0.320. The fraction of sp³-hybridized carbons (Fsp3) is 0.925. The third-order valence-electron chi connectivity index (χ3n) is 11.7. The van der Waals surface area contributed by atoms with Crippen LogP contribution in [0.25, 0.3) is 0 Å². The van der Waals surface area contributed by atoms with Gasteiger partial charge in [-0.1, -0.05) is 27.7 Å². The summed E-state index contributed by atoms with van der Waals surface area (Å²) in [7, 11) is 7.27. The number of amides is 3. The van der Waals surface area contributed by atoms with Crippen LogP contribution >= 0.6 is 0 Å². The number of methoxy groups -OCH3 is 1. The first kappa shape index (κ1) is 47.4. The largest absolute Gasteiger partial charge is 0.387 e. The second kappa shape index (κ2) is 21.2. The molecule has 320 valence electrons. The van der Waals surface area contributed by atoms with Crippen molar-refractivity contribution in [2.75, 3.05) is 54.5 Å². The predicted molar refractivity (Wildman–Crippen MR) is 207 cm³/mol. The molecule has 0 saturated carbocycles. The number of hydrogen-bond donors (Lipinski definition) is 4. The zero-order chi connectivity index (χ0) is 41.2. The van der Waals surface area contributed by atoms with Crippen molar-refractivity contribution >= 4 is 17.7 Å². The second-order valence-corrected chi connectivity index (χ2v) is 17.1. The molecule has 3 heterocycles. The van der Waals surface area contributed by atoms with Crippen LogP contribution in [0, 0.1) is 17.8 Å². The maximum atomic E-state index is 13.9. The van der Waals surface area contributed by atoms with E-state index in [-0.39, 0.29) is 55.0 Å². The van der Waals surface area contributed by atoms with Gasteiger partial charge in [0.25, 0.3) is 0 Å². The molecule has 3 aliphatic rings. The Labute approximate surface area is 329 Å². The summed E-state index contributed by atoms with van der Waals surface area (Å²) in [6.07, 6.45) is -2.96. The van der Waals surface area contributed by atoms with E-state index in [9.17, 15) is 24.6 Å². The predicted octanol–water partition coefficient (Wildman–Crippen LogP) is 2.44. The molecule has 0 aliphatic carbocycles. The van der Waals surface area contributed by atoms with Gasteiger partial charge in [0, 0.05) is 71.6 Å². The third-order valence-corrected chi connectivity index (χ3v) is 11.7. The topological polar surface area (TPSA) is 178 Å². The SMILES string of the molecule is CCC(=O)NCCCO[C@H]1[C@H](O[C@@H]2[C@@H](C)[C@H](O[C@H]3C[C@@](C)(OC)[C@@H](O)[C@H](C)O3)[C@@H](C)C(=O)NCCCC(=O)N(C)C[C@H](C)C[C@@]2(C)O)O[C@H](C)C[C@@H]1N(C)C. The number of ether oxygens (including phenoxy) is 6. The molecule has 0 aromatic carbocycles. The molecule has 0 unspecified atom stereocenters. The van der Waals surface area contributed by atoms with Crippen LogP contribution in [0.4, 0.5) is 0 Å². The lowest BCUT2D eigenvalue weighted by Gasteiger charge is -2.49. The molecule has 0 aromatic heterocycles. The number of carbonyl (C=O) groups is 3. The summed E-state index contributed by atoms with van der Waals surface area (Å²) >= 11 is 0. The summed E-state index contributed by atoms with van der Waals surface area (Å²) in [6.45, 7) is 16.3. The minimum absolute atomic E-state index is 0.0246. The molecule has 14 atom stereocenters. The summed E-state index contributed by atoms with van der Waals surface area (Å²) in [6, 6.07) is -0.0906. The molecule has 0 bridgehead atoms. The van der Waals surface area contributed by atoms with Crippen LogP contribution in [0.5, 0.6) is 0 Å². The average Bonchev–Trinajstić information content (AvgIpc) is 3.12. The van der Waals surface area contributed by atoms with Crippen molar-refractivity contribution in [3.8, 4) is 0 Å². The third kappa shape index (κ3) is 13.0. The van der Waals surface area contributed by atoms with Crippen molar-refractivity contribution in [2.24, 2.45) is 17.8 Å². The highest BCUT2D eigenvalue weighted by molar-refractivity contribution is 5.79. The zero-order valence-electron chi connectivity index (χ0n) is 35.7. The van der Waals surface area contributed by atoms with E-state index in [1.165, 1.54) is 7.11 Å². The van der Waals surface area contributed by atoms with Crippen LogP contribution in [-0.2, 0) is 42.8 Å².